The SMILES string of the molecule is CC(C(=O)Nc1ccccc1Cl)N(C)Cc1ccccc1F. The predicted molar refractivity (Wildman–Crippen MR) is 87.4 cm³/mol. The molecule has 0 radical (unpaired) electrons. The van der Waals surface area contributed by atoms with Gasteiger partial charge in [0.15, 0.2) is 0 Å². The zero-order valence-electron chi connectivity index (χ0n) is 12.5. The number of carbonyl (C=O) groups is 1. The maximum absolute atomic E-state index is 13.7. The molecule has 5 heteroatoms. The van der Waals surface area contributed by atoms with Crippen LogP contribution in [0.5, 0.6) is 0 Å². The minimum atomic E-state index is -0.420. The van der Waals surface area contributed by atoms with Crippen molar-refractivity contribution in [1.82, 2.24) is 4.90 Å². The number of para-hydroxylation sites is 1. The molecule has 1 N–H and O–H groups in total. The molecule has 1 unspecified atom stereocenters. The number of nitrogens with zero attached hydrogens (tertiary/aromatic N) is 1. The van der Waals surface area contributed by atoms with Crippen molar-refractivity contribution in [2.24, 2.45) is 0 Å². The van der Waals surface area contributed by atoms with E-state index in [0.717, 1.165) is 0 Å². The van der Waals surface area contributed by atoms with Crippen LogP contribution in [0.4, 0.5) is 10.1 Å². The van der Waals surface area contributed by atoms with E-state index < -0.39 is 6.04 Å². The smallest absolute Gasteiger partial charge is 0.241 e. The summed E-state index contributed by atoms with van der Waals surface area (Å²) in [6.07, 6.45) is 0. The van der Waals surface area contributed by atoms with E-state index >= 15 is 0 Å². The van der Waals surface area contributed by atoms with Crippen LogP contribution in [0, 0.1) is 5.82 Å². The third kappa shape index (κ3) is 4.06. The Balaban J connectivity index is 2.01. The summed E-state index contributed by atoms with van der Waals surface area (Å²) >= 11 is 6.03. The molecule has 0 saturated carbocycles. The Morgan fingerprint density at radius 3 is 2.55 bits per heavy atom. The lowest BCUT2D eigenvalue weighted by Crippen LogP contribution is -2.39. The maximum Gasteiger partial charge on any atom is 0.241 e. The highest BCUT2D eigenvalue weighted by Crippen LogP contribution is 2.21. The van der Waals surface area contributed by atoms with Crippen molar-refractivity contribution in [2.75, 3.05) is 12.4 Å². The van der Waals surface area contributed by atoms with E-state index in [4.69, 9.17) is 11.6 Å². The minimum absolute atomic E-state index is 0.188. The van der Waals surface area contributed by atoms with Gasteiger partial charge in [-0.2, -0.15) is 0 Å². The van der Waals surface area contributed by atoms with Crippen molar-refractivity contribution in [3.05, 3.63) is 64.9 Å². The standard InChI is InChI=1S/C17H18ClFN2O/c1-12(17(22)20-16-10-6-4-8-14(16)18)21(2)11-13-7-3-5-9-15(13)19/h3-10,12H,11H2,1-2H3,(H,20,22). The zero-order valence-corrected chi connectivity index (χ0v) is 13.3. The summed E-state index contributed by atoms with van der Waals surface area (Å²) in [7, 11) is 1.78. The van der Waals surface area contributed by atoms with Crippen molar-refractivity contribution in [3.8, 4) is 0 Å². The molecular formula is C17H18ClFN2O. The van der Waals surface area contributed by atoms with Gasteiger partial charge in [0.2, 0.25) is 5.91 Å². The average Bonchev–Trinajstić information content (AvgIpc) is 2.51. The number of hydrogen-bond donors (Lipinski definition) is 1. The molecule has 0 aliphatic heterocycles. The van der Waals surface area contributed by atoms with E-state index in [1.54, 1.807) is 61.3 Å². The van der Waals surface area contributed by atoms with E-state index in [2.05, 4.69) is 5.32 Å². The number of nitrogens with one attached hydrogen (secondary N) is 1. The molecule has 0 fully saturated rings. The van der Waals surface area contributed by atoms with E-state index in [1.807, 2.05) is 0 Å². The van der Waals surface area contributed by atoms with Crippen LogP contribution in [0.15, 0.2) is 48.5 Å². The molecule has 2 rings (SSSR count). The van der Waals surface area contributed by atoms with Crippen molar-refractivity contribution < 1.29 is 9.18 Å². The highest BCUT2D eigenvalue weighted by molar-refractivity contribution is 6.33. The van der Waals surface area contributed by atoms with Gasteiger partial charge in [-0.05, 0) is 32.2 Å². The lowest BCUT2D eigenvalue weighted by Gasteiger charge is -2.24. The first-order chi connectivity index (χ1) is 10.5. The fourth-order valence-electron chi connectivity index (χ4n) is 2.03. The van der Waals surface area contributed by atoms with Gasteiger partial charge in [0, 0.05) is 12.1 Å². The van der Waals surface area contributed by atoms with E-state index in [-0.39, 0.29) is 11.7 Å². The van der Waals surface area contributed by atoms with Crippen LogP contribution in [-0.2, 0) is 11.3 Å². The first-order valence-corrected chi connectivity index (χ1v) is 7.36. The summed E-state index contributed by atoms with van der Waals surface area (Å²) in [6, 6.07) is 13.2. The van der Waals surface area contributed by atoms with Crippen LogP contribution in [0.25, 0.3) is 0 Å². The number of rotatable bonds is 5. The first-order valence-electron chi connectivity index (χ1n) is 6.98. The minimum Gasteiger partial charge on any atom is -0.323 e. The van der Waals surface area contributed by atoms with Gasteiger partial charge in [-0.3, -0.25) is 9.69 Å². The van der Waals surface area contributed by atoms with Crippen LogP contribution in [0.1, 0.15) is 12.5 Å². The van der Waals surface area contributed by atoms with E-state index in [0.29, 0.717) is 22.8 Å². The molecule has 1 amide bonds. The monoisotopic (exact) mass is 320 g/mol. The summed E-state index contributed by atoms with van der Waals surface area (Å²) in [5.41, 5.74) is 1.13. The number of carbonyl (C=O) groups excluding carboxylic acids is 1. The second-order valence-corrected chi connectivity index (χ2v) is 5.56. The van der Waals surface area contributed by atoms with Gasteiger partial charge in [0.1, 0.15) is 5.82 Å². The molecule has 0 aliphatic carbocycles. The van der Waals surface area contributed by atoms with Gasteiger partial charge >= 0.3 is 0 Å². The van der Waals surface area contributed by atoms with E-state index in [9.17, 15) is 9.18 Å². The Morgan fingerprint density at radius 2 is 1.86 bits per heavy atom. The summed E-state index contributed by atoms with van der Waals surface area (Å²) in [5, 5.41) is 3.27. The number of anilines is 1. The normalized spacial score (nSPS) is 12.2. The summed E-state index contributed by atoms with van der Waals surface area (Å²) in [4.78, 5) is 14.1. The van der Waals surface area contributed by atoms with Crippen molar-refractivity contribution in [1.29, 1.82) is 0 Å². The fraction of sp³-hybridized carbons (Fsp3) is 0.235. The van der Waals surface area contributed by atoms with Gasteiger partial charge in [-0.15, -0.1) is 0 Å². The van der Waals surface area contributed by atoms with Crippen LogP contribution >= 0.6 is 11.6 Å². The number of benzene rings is 2. The first kappa shape index (κ1) is 16.5. The van der Waals surface area contributed by atoms with Crippen LogP contribution in [0.2, 0.25) is 5.02 Å². The lowest BCUT2D eigenvalue weighted by atomic mass is 10.1. The lowest BCUT2D eigenvalue weighted by molar-refractivity contribution is -0.120. The molecule has 0 spiro atoms. The van der Waals surface area contributed by atoms with Gasteiger partial charge in [-0.25, -0.2) is 4.39 Å². The Hall–Kier alpha value is -1.91. The molecule has 3 nitrogen and oxygen atoms in total. The van der Waals surface area contributed by atoms with Crippen LogP contribution in [-0.4, -0.2) is 23.9 Å². The third-order valence-electron chi connectivity index (χ3n) is 3.55. The fourth-order valence-corrected chi connectivity index (χ4v) is 2.22. The molecule has 0 heterocycles. The molecule has 0 aromatic heterocycles. The Bertz CT molecular complexity index is 663. The van der Waals surface area contributed by atoms with Gasteiger partial charge in [0.25, 0.3) is 0 Å². The largest absolute Gasteiger partial charge is 0.323 e. The quantitative estimate of drug-likeness (QED) is 0.905. The molecule has 22 heavy (non-hydrogen) atoms. The van der Waals surface area contributed by atoms with Gasteiger partial charge in [-0.1, -0.05) is 41.9 Å². The third-order valence-corrected chi connectivity index (χ3v) is 3.88. The highest BCUT2D eigenvalue weighted by Gasteiger charge is 2.19. The number of amides is 1. The van der Waals surface area contributed by atoms with E-state index in [1.165, 1.54) is 6.07 Å². The second-order valence-electron chi connectivity index (χ2n) is 5.15. The van der Waals surface area contributed by atoms with Crippen molar-refractivity contribution in [3.63, 3.8) is 0 Å². The second kappa shape index (κ2) is 7.38. The maximum atomic E-state index is 13.7. The van der Waals surface area contributed by atoms with Crippen LogP contribution < -0.4 is 5.32 Å². The molecule has 0 saturated heterocycles. The molecule has 0 bridgehead atoms. The number of hydrogen-bond acceptors (Lipinski definition) is 2. The summed E-state index contributed by atoms with van der Waals surface area (Å²) < 4.78 is 13.7. The average molecular weight is 321 g/mol. The summed E-state index contributed by atoms with van der Waals surface area (Å²) in [5.74, 6) is -0.458. The highest BCUT2D eigenvalue weighted by atomic mass is 35.5. The van der Waals surface area contributed by atoms with Crippen molar-refractivity contribution in [2.45, 2.75) is 19.5 Å². The topological polar surface area (TPSA) is 32.3 Å². The Morgan fingerprint density at radius 1 is 1.23 bits per heavy atom. The zero-order chi connectivity index (χ0) is 16.1. The molecule has 1 atom stereocenters. The molecule has 2 aromatic rings. The number of halogens is 2. The number of likely N-dealkylation sites (N-methyl/N-ethyl adjacent to an activating group) is 1. The van der Waals surface area contributed by atoms with Crippen molar-refractivity contribution >= 4 is 23.2 Å². The molecule has 0 aliphatic rings. The van der Waals surface area contributed by atoms with Gasteiger partial charge < -0.3 is 5.32 Å². The summed E-state index contributed by atoms with van der Waals surface area (Å²) in [6.45, 7) is 2.12. The molecule has 116 valence electrons. The molecular weight excluding hydrogens is 303 g/mol. The Labute approximate surface area is 134 Å². The molecule has 2 aromatic carbocycles. The van der Waals surface area contributed by atoms with Crippen LogP contribution in [0.3, 0.4) is 0 Å². The van der Waals surface area contributed by atoms with Gasteiger partial charge in [0.05, 0.1) is 16.8 Å². The Kier molecular flexibility index (Phi) is 5.52. The predicted octanol–water partition coefficient (Wildman–Crippen LogP) is 3.94.